The van der Waals surface area contributed by atoms with Crippen molar-refractivity contribution in [2.75, 3.05) is 38.2 Å². The molecule has 0 bridgehead atoms. The van der Waals surface area contributed by atoms with E-state index in [-0.39, 0.29) is 12.2 Å². The van der Waals surface area contributed by atoms with Crippen LogP contribution in [-0.2, 0) is 14.3 Å². The van der Waals surface area contributed by atoms with Crippen molar-refractivity contribution in [2.45, 2.75) is 26.1 Å². The molecule has 2 aliphatic rings. The van der Waals surface area contributed by atoms with E-state index >= 15 is 0 Å². The van der Waals surface area contributed by atoms with Gasteiger partial charge in [-0.25, -0.2) is 4.98 Å². The van der Waals surface area contributed by atoms with E-state index in [4.69, 9.17) is 9.47 Å². The van der Waals surface area contributed by atoms with Gasteiger partial charge in [-0.15, -0.1) is 11.3 Å². The van der Waals surface area contributed by atoms with Crippen molar-refractivity contribution in [3.8, 4) is 11.3 Å². The first-order valence-electron chi connectivity index (χ1n) is 9.45. The van der Waals surface area contributed by atoms with E-state index < -0.39 is 0 Å². The third-order valence-electron chi connectivity index (χ3n) is 5.09. The topological polar surface area (TPSA) is 63.7 Å². The summed E-state index contributed by atoms with van der Waals surface area (Å²) in [6, 6.07) is 7.86. The summed E-state index contributed by atoms with van der Waals surface area (Å²) in [4.78, 5) is 19.2. The lowest BCUT2D eigenvalue weighted by molar-refractivity contribution is -0.119. The summed E-state index contributed by atoms with van der Waals surface area (Å²) in [5, 5.41) is 6.10. The maximum atomic E-state index is 12.5. The molecule has 0 radical (unpaired) electrons. The number of hydrogen-bond donors (Lipinski definition) is 1. The Kier molecular flexibility index (Phi) is 5.83. The average molecular weight is 388 g/mol. The number of ether oxygens (including phenoxy) is 2. The number of aromatic nitrogens is 1. The molecular formula is C20H25N3O3S. The van der Waals surface area contributed by atoms with E-state index in [1.165, 1.54) is 0 Å². The van der Waals surface area contributed by atoms with E-state index in [2.05, 4.69) is 15.2 Å². The van der Waals surface area contributed by atoms with Crippen LogP contribution >= 0.6 is 11.3 Å². The molecule has 1 amide bonds. The molecule has 0 atom stereocenters. The molecule has 27 heavy (non-hydrogen) atoms. The number of carbonyl (C=O) groups excluding carboxylic acids is 1. The second kappa shape index (κ2) is 8.48. The SMILES string of the molecule is Cc1nc(-c2cccc(NC(=O)CN3CCC(C4OCCO4)CC3)c2)cs1. The molecule has 7 heteroatoms. The Morgan fingerprint density at radius 3 is 2.78 bits per heavy atom. The Morgan fingerprint density at radius 2 is 2.07 bits per heavy atom. The number of nitrogens with one attached hydrogen (secondary N) is 1. The van der Waals surface area contributed by atoms with Crippen LogP contribution < -0.4 is 5.32 Å². The van der Waals surface area contributed by atoms with Crippen LogP contribution in [0.15, 0.2) is 29.6 Å². The number of hydrogen-bond acceptors (Lipinski definition) is 6. The number of amides is 1. The number of rotatable bonds is 5. The summed E-state index contributed by atoms with van der Waals surface area (Å²) < 4.78 is 11.2. The van der Waals surface area contributed by atoms with Crippen molar-refractivity contribution >= 4 is 22.9 Å². The van der Waals surface area contributed by atoms with Gasteiger partial charge in [-0.1, -0.05) is 12.1 Å². The highest BCUT2D eigenvalue weighted by Crippen LogP contribution is 2.26. The smallest absolute Gasteiger partial charge is 0.238 e. The van der Waals surface area contributed by atoms with Crippen LogP contribution in [0.3, 0.4) is 0 Å². The van der Waals surface area contributed by atoms with Crippen molar-refractivity contribution in [1.29, 1.82) is 0 Å². The first-order valence-corrected chi connectivity index (χ1v) is 10.3. The lowest BCUT2D eigenvalue weighted by Crippen LogP contribution is -2.41. The van der Waals surface area contributed by atoms with Crippen LogP contribution in [-0.4, -0.2) is 54.9 Å². The van der Waals surface area contributed by atoms with Crippen LogP contribution in [0.25, 0.3) is 11.3 Å². The highest BCUT2D eigenvalue weighted by atomic mass is 32.1. The van der Waals surface area contributed by atoms with Crippen molar-refractivity contribution in [1.82, 2.24) is 9.88 Å². The van der Waals surface area contributed by atoms with Gasteiger partial charge in [0.1, 0.15) is 0 Å². The Morgan fingerprint density at radius 1 is 1.30 bits per heavy atom. The predicted octanol–water partition coefficient (Wildman–Crippen LogP) is 3.14. The summed E-state index contributed by atoms with van der Waals surface area (Å²) in [6.45, 7) is 5.62. The van der Waals surface area contributed by atoms with Gasteiger partial charge >= 0.3 is 0 Å². The zero-order valence-electron chi connectivity index (χ0n) is 15.5. The molecule has 0 saturated carbocycles. The highest BCUT2D eigenvalue weighted by Gasteiger charge is 2.30. The Bertz CT molecular complexity index is 780. The van der Waals surface area contributed by atoms with Crippen molar-refractivity contribution in [3.63, 3.8) is 0 Å². The number of likely N-dealkylation sites (tertiary alicyclic amines) is 1. The van der Waals surface area contributed by atoms with Crippen molar-refractivity contribution in [2.24, 2.45) is 5.92 Å². The Balaban J connectivity index is 1.28. The fourth-order valence-corrected chi connectivity index (χ4v) is 4.31. The minimum absolute atomic E-state index is 0.0217. The molecular weight excluding hydrogens is 362 g/mol. The fraction of sp³-hybridized carbons (Fsp3) is 0.500. The average Bonchev–Trinajstić information content (AvgIpc) is 3.34. The van der Waals surface area contributed by atoms with E-state index in [9.17, 15) is 4.79 Å². The van der Waals surface area contributed by atoms with Gasteiger partial charge in [0.25, 0.3) is 0 Å². The molecule has 1 aromatic heterocycles. The maximum absolute atomic E-state index is 12.5. The molecule has 1 aromatic carbocycles. The van der Waals surface area contributed by atoms with Gasteiger partial charge in [0.15, 0.2) is 6.29 Å². The van der Waals surface area contributed by atoms with Crippen LogP contribution in [0.2, 0.25) is 0 Å². The van der Waals surface area contributed by atoms with Gasteiger partial charge in [-0.05, 0) is 45.0 Å². The van der Waals surface area contributed by atoms with E-state index in [1.54, 1.807) is 11.3 Å². The highest BCUT2D eigenvalue weighted by molar-refractivity contribution is 7.09. The molecule has 144 valence electrons. The largest absolute Gasteiger partial charge is 0.350 e. The predicted molar refractivity (Wildman–Crippen MR) is 106 cm³/mol. The molecule has 6 nitrogen and oxygen atoms in total. The molecule has 2 aromatic rings. The number of aryl methyl sites for hydroxylation is 1. The molecule has 1 N–H and O–H groups in total. The summed E-state index contributed by atoms with van der Waals surface area (Å²) in [7, 11) is 0. The molecule has 3 heterocycles. The summed E-state index contributed by atoms with van der Waals surface area (Å²) in [5.74, 6) is 0.471. The number of nitrogens with zero attached hydrogens (tertiary/aromatic N) is 2. The quantitative estimate of drug-likeness (QED) is 0.854. The van der Waals surface area contributed by atoms with E-state index in [0.717, 1.165) is 47.9 Å². The summed E-state index contributed by atoms with van der Waals surface area (Å²) in [6.07, 6.45) is 1.98. The Hall–Kier alpha value is -1.80. The lowest BCUT2D eigenvalue weighted by atomic mass is 9.96. The normalized spacial score (nSPS) is 19.4. The third-order valence-corrected chi connectivity index (χ3v) is 5.87. The van der Waals surface area contributed by atoms with Crippen LogP contribution in [0.1, 0.15) is 17.8 Å². The second-order valence-corrected chi connectivity index (χ2v) is 8.17. The number of anilines is 1. The minimum atomic E-state index is -0.0435. The third kappa shape index (κ3) is 4.73. The molecule has 0 unspecified atom stereocenters. The summed E-state index contributed by atoms with van der Waals surface area (Å²) in [5.41, 5.74) is 2.78. The molecule has 2 saturated heterocycles. The molecule has 0 spiro atoms. The zero-order valence-corrected chi connectivity index (χ0v) is 16.3. The van der Waals surface area contributed by atoms with Gasteiger partial charge in [-0.2, -0.15) is 0 Å². The standard InChI is InChI=1S/C20H25N3O3S/c1-14-21-18(13-27-14)16-3-2-4-17(11-16)22-19(24)12-23-7-5-15(6-8-23)20-25-9-10-26-20/h2-4,11,13,15,20H,5-10,12H2,1H3,(H,22,24). The van der Waals surface area contributed by atoms with Crippen molar-refractivity contribution in [3.05, 3.63) is 34.7 Å². The number of carbonyl (C=O) groups is 1. The fourth-order valence-electron chi connectivity index (χ4n) is 3.69. The lowest BCUT2D eigenvalue weighted by Gasteiger charge is -2.33. The van der Waals surface area contributed by atoms with Crippen LogP contribution in [0.4, 0.5) is 5.69 Å². The van der Waals surface area contributed by atoms with Gasteiger partial charge in [0.2, 0.25) is 5.91 Å². The molecule has 2 aliphatic heterocycles. The van der Waals surface area contributed by atoms with E-state index in [1.807, 2.05) is 36.6 Å². The monoisotopic (exact) mass is 387 g/mol. The van der Waals surface area contributed by atoms with Crippen LogP contribution in [0.5, 0.6) is 0 Å². The van der Waals surface area contributed by atoms with Gasteiger partial charge in [0, 0.05) is 22.5 Å². The van der Waals surface area contributed by atoms with Gasteiger partial charge < -0.3 is 14.8 Å². The Labute approximate surface area is 163 Å². The zero-order chi connectivity index (χ0) is 18.6. The van der Waals surface area contributed by atoms with Gasteiger partial charge in [0.05, 0.1) is 30.5 Å². The first-order chi connectivity index (χ1) is 13.2. The number of piperidine rings is 1. The summed E-state index contributed by atoms with van der Waals surface area (Å²) >= 11 is 1.63. The van der Waals surface area contributed by atoms with Gasteiger partial charge in [-0.3, -0.25) is 9.69 Å². The second-order valence-electron chi connectivity index (χ2n) is 7.10. The molecule has 0 aliphatic carbocycles. The van der Waals surface area contributed by atoms with E-state index in [0.29, 0.717) is 25.7 Å². The number of thiazole rings is 1. The van der Waals surface area contributed by atoms with Crippen LogP contribution in [0, 0.1) is 12.8 Å². The maximum Gasteiger partial charge on any atom is 0.238 e. The minimum Gasteiger partial charge on any atom is -0.350 e. The number of benzene rings is 1. The first kappa shape index (κ1) is 18.6. The molecule has 4 rings (SSSR count). The van der Waals surface area contributed by atoms with Crippen molar-refractivity contribution < 1.29 is 14.3 Å². The molecule has 2 fully saturated rings.